The molecule has 0 spiro atoms. The fourth-order valence-electron chi connectivity index (χ4n) is 4.38. The third kappa shape index (κ3) is 6.76. The van der Waals surface area contributed by atoms with E-state index in [1.165, 1.54) is 34.9 Å². The van der Waals surface area contributed by atoms with Crippen LogP contribution in [-0.2, 0) is 29.1 Å². The van der Waals surface area contributed by atoms with Gasteiger partial charge in [0.05, 0.1) is 7.11 Å². The Balaban J connectivity index is 1.40. The smallest absolute Gasteiger partial charge is 0.305 e. The van der Waals surface area contributed by atoms with Crippen LogP contribution in [0.5, 0.6) is 5.75 Å². The summed E-state index contributed by atoms with van der Waals surface area (Å²) >= 11 is 0. The zero-order chi connectivity index (χ0) is 25.3. The Hall–Kier alpha value is -4.05. The van der Waals surface area contributed by atoms with E-state index in [1.807, 2.05) is 18.2 Å². The van der Waals surface area contributed by atoms with Gasteiger partial charge in [-0.15, -0.1) is 0 Å². The van der Waals surface area contributed by atoms with Crippen molar-refractivity contribution in [1.29, 1.82) is 0 Å². The molecule has 0 heterocycles. The Bertz CT molecular complexity index is 1270. The number of methoxy groups -OCH3 is 1. The highest BCUT2D eigenvalue weighted by atomic mass is 16.5. The summed E-state index contributed by atoms with van der Waals surface area (Å²) in [5, 5.41) is 3.50. The van der Waals surface area contributed by atoms with E-state index in [0.717, 1.165) is 29.1 Å². The normalized spacial score (nSPS) is 10.6. The zero-order valence-electron chi connectivity index (χ0n) is 21.2. The molecule has 0 atom stereocenters. The summed E-state index contributed by atoms with van der Waals surface area (Å²) in [7, 11) is 1.42. The van der Waals surface area contributed by atoms with Crippen LogP contribution >= 0.6 is 0 Å². The van der Waals surface area contributed by atoms with Gasteiger partial charge in [0.15, 0.2) is 0 Å². The molecule has 0 amide bonds. The van der Waals surface area contributed by atoms with Crippen molar-refractivity contribution in [2.45, 2.75) is 39.8 Å². The van der Waals surface area contributed by atoms with Crippen molar-refractivity contribution in [3.8, 4) is 16.9 Å². The number of rotatable bonds is 10. The minimum absolute atomic E-state index is 0.183. The Labute approximate surface area is 213 Å². The second kappa shape index (κ2) is 12.1. The fourth-order valence-corrected chi connectivity index (χ4v) is 4.38. The number of esters is 1. The number of ether oxygens (including phenoxy) is 2. The minimum atomic E-state index is -0.183. The number of benzene rings is 4. The zero-order valence-corrected chi connectivity index (χ0v) is 21.2. The first-order chi connectivity index (χ1) is 17.5. The molecule has 0 aliphatic carbocycles. The standard InChI is InChI=1S/C32H33NO3/c1-23-18-30(36-22-26-8-5-4-6-9-26)19-24(2)32(23)28-11-7-10-27(20-28)21-33-29-15-12-25(13-16-29)14-17-31(34)35-3/h4-13,15-16,18-20,33H,14,17,21-22H2,1-3H3. The van der Waals surface area contributed by atoms with E-state index in [0.29, 0.717) is 19.4 Å². The molecule has 0 radical (unpaired) electrons. The highest BCUT2D eigenvalue weighted by Gasteiger charge is 2.10. The lowest BCUT2D eigenvalue weighted by Crippen LogP contribution is -2.02. The SMILES string of the molecule is COC(=O)CCc1ccc(NCc2cccc(-c3c(C)cc(OCc4ccccc4)cc3C)c2)cc1. The molecule has 0 fully saturated rings. The number of anilines is 1. The summed E-state index contributed by atoms with van der Waals surface area (Å²) in [6.45, 7) is 5.58. The van der Waals surface area contributed by atoms with Crippen LogP contribution < -0.4 is 10.1 Å². The molecule has 0 aliphatic rings. The van der Waals surface area contributed by atoms with E-state index in [4.69, 9.17) is 9.47 Å². The predicted octanol–water partition coefficient (Wildman–Crippen LogP) is 7.27. The third-order valence-electron chi connectivity index (χ3n) is 6.27. The molecule has 4 aromatic carbocycles. The molecular weight excluding hydrogens is 446 g/mol. The largest absolute Gasteiger partial charge is 0.489 e. The maximum atomic E-state index is 11.3. The van der Waals surface area contributed by atoms with Crippen LogP contribution in [0.1, 0.15) is 34.2 Å². The maximum absolute atomic E-state index is 11.3. The monoisotopic (exact) mass is 479 g/mol. The highest BCUT2D eigenvalue weighted by molar-refractivity contribution is 5.72. The molecule has 0 aliphatic heterocycles. The molecule has 36 heavy (non-hydrogen) atoms. The van der Waals surface area contributed by atoms with E-state index >= 15 is 0 Å². The molecule has 4 nitrogen and oxygen atoms in total. The van der Waals surface area contributed by atoms with Crippen molar-refractivity contribution in [1.82, 2.24) is 0 Å². The number of aryl methyl sites for hydroxylation is 3. The first-order valence-corrected chi connectivity index (χ1v) is 12.3. The average Bonchev–Trinajstić information content (AvgIpc) is 2.90. The summed E-state index contributed by atoms with van der Waals surface area (Å²) in [5.41, 5.74) is 9.40. The van der Waals surface area contributed by atoms with Crippen molar-refractivity contribution >= 4 is 11.7 Å². The van der Waals surface area contributed by atoms with E-state index in [9.17, 15) is 4.79 Å². The number of hydrogen-bond donors (Lipinski definition) is 1. The van der Waals surface area contributed by atoms with Gasteiger partial charge in [-0.3, -0.25) is 4.79 Å². The quantitative estimate of drug-likeness (QED) is 0.243. The van der Waals surface area contributed by atoms with Crippen LogP contribution in [0.2, 0.25) is 0 Å². The van der Waals surface area contributed by atoms with E-state index in [-0.39, 0.29) is 5.97 Å². The lowest BCUT2D eigenvalue weighted by Gasteiger charge is -2.15. The van der Waals surface area contributed by atoms with Crippen molar-refractivity contribution in [2.75, 3.05) is 12.4 Å². The molecule has 0 saturated carbocycles. The molecule has 4 aromatic rings. The van der Waals surface area contributed by atoms with Crippen LogP contribution in [0.3, 0.4) is 0 Å². The molecule has 4 heteroatoms. The minimum Gasteiger partial charge on any atom is -0.489 e. The Morgan fingerprint density at radius 3 is 2.17 bits per heavy atom. The third-order valence-corrected chi connectivity index (χ3v) is 6.27. The molecule has 0 unspecified atom stereocenters. The molecule has 1 N–H and O–H groups in total. The van der Waals surface area contributed by atoms with E-state index in [1.54, 1.807) is 0 Å². The lowest BCUT2D eigenvalue weighted by atomic mass is 9.94. The second-order valence-electron chi connectivity index (χ2n) is 9.03. The molecule has 0 aromatic heterocycles. The van der Waals surface area contributed by atoms with Crippen LogP contribution in [0.25, 0.3) is 11.1 Å². The van der Waals surface area contributed by atoms with Crippen LogP contribution in [0.4, 0.5) is 5.69 Å². The van der Waals surface area contributed by atoms with Gasteiger partial charge in [-0.1, -0.05) is 60.7 Å². The van der Waals surface area contributed by atoms with Gasteiger partial charge in [0.1, 0.15) is 12.4 Å². The van der Waals surface area contributed by atoms with Crippen molar-refractivity contribution in [3.05, 3.63) is 119 Å². The summed E-state index contributed by atoms with van der Waals surface area (Å²) in [6.07, 6.45) is 1.08. The number of carbonyl (C=O) groups is 1. The molecule has 0 bridgehead atoms. The first kappa shape index (κ1) is 25.1. The van der Waals surface area contributed by atoms with Crippen molar-refractivity contribution in [2.24, 2.45) is 0 Å². The predicted molar refractivity (Wildman–Crippen MR) is 146 cm³/mol. The van der Waals surface area contributed by atoms with Gasteiger partial charge in [-0.2, -0.15) is 0 Å². The number of hydrogen-bond acceptors (Lipinski definition) is 4. The molecular formula is C32H33NO3. The average molecular weight is 480 g/mol. The van der Waals surface area contributed by atoms with E-state index in [2.05, 4.69) is 92.0 Å². The van der Waals surface area contributed by atoms with Crippen LogP contribution in [0.15, 0.2) is 91.0 Å². The van der Waals surface area contributed by atoms with Crippen LogP contribution in [0, 0.1) is 13.8 Å². The molecule has 4 rings (SSSR count). The van der Waals surface area contributed by atoms with Crippen molar-refractivity contribution < 1.29 is 14.3 Å². The van der Waals surface area contributed by atoms with Gasteiger partial charge in [0.2, 0.25) is 0 Å². The fraction of sp³-hybridized carbons (Fsp3) is 0.219. The van der Waals surface area contributed by atoms with Gasteiger partial charge in [0.25, 0.3) is 0 Å². The molecule has 184 valence electrons. The summed E-state index contributed by atoms with van der Waals surface area (Å²) < 4.78 is 10.8. The summed E-state index contributed by atoms with van der Waals surface area (Å²) in [6, 6.07) is 31.4. The first-order valence-electron chi connectivity index (χ1n) is 12.3. The van der Waals surface area contributed by atoms with Crippen LogP contribution in [-0.4, -0.2) is 13.1 Å². The van der Waals surface area contributed by atoms with Gasteiger partial charge < -0.3 is 14.8 Å². The summed E-state index contributed by atoms with van der Waals surface area (Å²) in [5.74, 6) is 0.711. The Morgan fingerprint density at radius 2 is 1.47 bits per heavy atom. The summed E-state index contributed by atoms with van der Waals surface area (Å²) in [4.78, 5) is 11.3. The second-order valence-corrected chi connectivity index (χ2v) is 9.03. The number of carbonyl (C=O) groups excluding carboxylic acids is 1. The van der Waals surface area contributed by atoms with Crippen molar-refractivity contribution in [3.63, 3.8) is 0 Å². The Morgan fingerprint density at radius 1 is 0.778 bits per heavy atom. The van der Waals surface area contributed by atoms with Gasteiger partial charge in [-0.25, -0.2) is 0 Å². The molecule has 0 saturated heterocycles. The Kier molecular flexibility index (Phi) is 8.40. The van der Waals surface area contributed by atoms with Gasteiger partial charge in [-0.05, 0) is 89.5 Å². The van der Waals surface area contributed by atoms with Gasteiger partial charge in [0, 0.05) is 18.7 Å². The maximum Gasteiger partial charge on any atom is 0.305 e. The lowest BCUT2D eigenvalue weighted by molar-refractivity contribution is -0.140. The van der Waals surface area contributed by atoms with E-state index < -0.39 is 0 Å². The number of nitrogens with one attached hydrogen (secondary N) is 1. The highest BCUT2D eigenvalue weighted by Crippen LogP contribution is 2.32. The topological polar surface area (TPSA) is 47.6 Å². The van der Waals surface area contributed by atoms with Gasteiger partial charge >= 0.3 is 5.97 Å².